The van der Waals surface area contributed by atoms with Gasteiger partial charge in [-0.25, -0.2) is 23.7 Å². The molecule has 2 heterocycles. The summed E-state index contributed by atoms with van der Waals surface area (Å²) in [6.45, 7) is 4.51. The van der Waals surface area contributed by atoms with Crippen molar-refractivity contribution in [3.05, 3.63) is 59.6 Å². The lowest BCUT2D eigenvalue weighted by molar-refractivity contribution is -0.153. The molecule has 3 N–H and O–H groups in total. The van der Waals surface area contributed by atoms with E-state index < -0.39 is 17.2 Å². The van der Waals surface area contributed by atoms with Gasteiger partial charge in [0.2, 0.25) is 5.90 Å². The van der Waals surface area contributed by atoms with Crippen LogP contribution in [0, 0.1) is 23.0 Å². The summed E-state index contributed by atoms with van der Waals surface area (Å²) in [6, 6.07) is 6.26. The Morgan fingerprint density at radius 2 is 1.97 bits per heavy atom. The standard InChI is InChI=1S/C24H29F2N5O3/c1-15(2)24(23(32)33)8-10-31(11-9-24)22-18(26)14-29-21(30-22)19(27)12-20(34-3)28-13-16-6-4-5-7-17(16)25/h4-7,12,14-15H,8-11,13,27H2,1-3H3,(H,32,33). The van der Waals surface area contributed by atoms with Gasteiger partial charge in [0.25, 0.3) is 0 Å². The summed E-state index contributed by atoms with van der Waals surface area (Å²) in [5.74, 6) is -1.61. The summed E-state index contributed by atoms with van der Waals surface area (Å²) >= 11 is 0. The van der Waals surface area contributed by atoms with Gasteiger partial charge in [0, 0.05) is 24.7 Å². The van der Waals surface area contributed by atoms with E-state index in [9.17, 15) is 18.7 Å². The van der Waals surface area contributed by atoms with Crippen molar-refractivity contribution in [2.75, 3.05) is 25.1 Å². The number of methoxy groups -OCH3 is 1. The molecule has 1 aromatic heterocycles. The van der Waals surface area contributed by atoms with E-state index in [1.165, 1.54) is 19.3 Å². The average molecular weight is 474 g/mol. The third-order valence-electron chi connectivity index (χ3n) is 6.32. The number of aliphatic imine (C=N–C) groups is 1. The van der Waals surface area contributed by atoms with E-state index in [1.807, 2.05) is 13.8 Å². The molecule has 3 rings (SSSR count). The Morgan fingerprint density at radius 3 is 2.56 bits per heavy atom. The van der Waals surface area contributed by atoms with Crippen molar-refractivity contribution in [2.24, 2.45) is 22.1 Å². The van der Waals surface area contributed by atoms with Crippen LogP contribution in [0.4, 0.5) is 14.6 Å². The maximum Gasteiger partial charge on any atom is 0.310 e. The molecule has 1 fully saturated rings. The summed E-state index contributed by atoms with van der Waals surface area (Å²) in [5, 5.41) is 9.74. The number of aromatic nitrogens is 2. The molecule has 1 saturated heterocycles. The van der Waals surface area contributed by atoms with Crippen LogP contribution >= 0.6 is 0 Å². The highest BCUT2D eigenvalue weighted by Gasteiger charge is 2.44. The number of nitrogens with zero attached hydrogens (tertiary/aromatic N) is 4. The second-order valence-corrected chi connectivity index (χ2v) is 8.52. The Kier molecular flexibility index (Phi) is 7.80. The Labute approximate surface area is 197 Å². The Morgan fingerprint density at radius 1 is 1.29 bits per heavy atom. The number of carboxylic acids is 1. The normalized spacial score (nSPS) is 16.6. The van der Waals surface area contributed by atoms with Crippen LogP contribution < -0.4 is 10.6 Å². The zero-order valence-corrected chi connectivity index (χ0v) is 19.5. The third kappa shape index (κ3) is 5.32. The van der Waals surface area contributed by atoms with Crippen molar-refractivity contribution in [1.29, 1.82) is 0 Å². The fourth-order valence-electron chi connectivity index (χ4n) is 4.03. The molecule has 1 aromatic carbocycles. The first-order valence-corrected chi connectivity index (χ1v) is 11.0. The zero-order valence-electron chi connectivity index (χ0n) is 19.5. The molecule has 0 spiro atoms. The molecular weight excluding hydrogens is 444 g/mol. The molecule has 10 heteroatoms. The Balaban J connectivity index is 1.80. The lowest BCUT2D eigenvalue weighted by atomic mass is 9.70. The zero-order chi connectivity index (χ0) is 24.9. The number of anilines is 1. The SMILES string of the molecule is COC(C=C(N)c1ncc(F)c(N2CCC(C(=O)O)(C(C)C)CC2)n1)=NCc1ccccc1F. The Hall–Kier alpha value is -3.56. The number of carboxylic acid groups (broad SMARTS) is 1. The van der Waals surface area contributed by atoms with Crippen molar-refractivity contribution < 1.29 is 23.4 Å². The minimum Gasteiger partial charge on any atom is -0.481 e. The first-order chi connectivity index (χ1) is 16.2. The second-order valence-electron chi connectivity index (χ2n) is 8.52. The lowest BCUT2D eigenvalue weighted by Gasteiger charge is -2.41. The van der Waals surface area contributed by atoms with Crippen molar-refractivity contribution in [1.82, 2.24) is 9.97 Å². The second kappa shape index (κ2) is 10.6. The maximum absolute atomic E-state index is 14.6. The molecule has 0 unspecified atom stereocenters. The highest BCUT2D eigenvalue weighted by Crippen LogP contribution is 2.40. The van der Waals surface area contributed by atoms with Crippen molar-refractivity contribution >= 4 is 23.4 Å². The predicted molar refractivity (Wildman–Crippen MR) is 125 cm³/mol. The monoisotopic (exact) mass is 473 g/mol. The number of halogens is 2. The molecule has 0 atom stereocenters. The van der Waals surface area contributed by atoms with Crippen molar-refractivity contribution in [3.63, 3.8) is 0 Å². The molecule has 0 aliphatic carbocycles. The minimum atomic E-state index is -0.843. The predicted octanol–water partition coefficient (Wildman–Crippen LogP) is 3.63. The fourth-order valence-corrected chi connectivity index (χ4v) is 4.03. The molecule has 0 bridgehead atoms. The molecule has 2 aromatic rings. The summed E-state index contributed by atoms with van der Waals surface area (Å²) in [6.07, 6.45) is 3.17. The van der Waals surface area contributed by atoms with E-state index in [4.69, 9.17) is 10.5 Å². The van der Waals surface area contributed by atoms with Gasteiger partial charge in [0.15, 0.2) is 17.5 Å². The van der Waals surface area contributed by atoms with Crippen molar-refractivity contribution in [2.45, 2.75) is 33.2 Å². The first kappa shape index (κ1) is 25.1. The van der Waals surface area contributed by atoms with E-state index in [1.54, 1.807) is 23.1 Å². The number of aliphatic carboxylic acids is 1. The largest absolute Gasteiger partial charge is 0.481 e. The van der Waals surface area contributed by atoms with Gasteiger partial charge >= 0.3 is 5.97 Å². The number of hydrogen-bond acceptors (Lipinski definition) is 7. The van der Waals surface area contributed by atoms with E-state index in [2.05, 4.69) is 15.0 Å². The molecule has 8 nitrogen and oxygen atoms in total. The average Bonchev–Trinajstić information content (AvgIpc) is 2.82. The Bertz CT molecular complexity index is 1100. The summed E-state index contributed by atoms with van der Waals surface area (Å²) in [5.41, 5.74) is 5.77. The number of rotatable bonds is 7. The van der Waals surface area contributed by atoms with E-state index >= 15 is 0 Å². The van der Waals surface area contributed by atoms with Crippen LogP contribution in [0.3, 0.4) is 0 Å². The molecule has 1 aliphatic rings. The van der Waals surface area contributed by atoms with E-state index in [0.29, 0.717) is 31.5 Å². The van der Waals surface area contributed by atoms with Gasteiger partial charge in [0.1, 0.15) is 5.82 Å². The van der Waals surface area contributed by atoms with E-state index in [-0.39, 0.29) is 41.5 Å². The number of ether oxygens (including phenoxy) is 1. The third-order valence-corrected chi connectivity index (χ3v) is 6.32. The topological polar surface area (TPSA) is 114 Å². The number of benzene rings is 1. The van der Waals surface area contributed by atoms with Gasteiger partial charge in [-0.3, -0.25) is 4.79 Å². The van der Waals surface area contributed by atoms with Gasteiger partial charge in [-0.2, -0.15) is 0 Å². The number of nitrogens with two attached hydrogens (primary N) is 1. The lowest BCUT2D eigenvalue weighted by Crippen LogP contribution is -2.47. The van der Waals surface area contributed by atoms with Crippen LogP contribution in [0.2, 0.25) is 0 Å². The highest BCUT2D eigenvalue weighted by atomic mass is 19.1. The molecule has 34 heavy (non-hydrogen) atoms. The molecule has 1 aliphatic heterocycles. The van der Waals surface area contributed by atoms with Crippen molar-refractivity contribution in [3.8, 4) is 0 Å². The van der Waals surface area contributed by atoms with Gasteiger partial charge in [-0.1, -0.05) is 32.0 Å². The molecular formula is C24H29F2N5O3. The minimum absolute atomic E-state index is 0.0457. The quantitative estimate of drug-likeness (QED) is 0.466. The summed E-state index contributed by atoms with van der Waals surface area (Å²) in [4.78, 5) is 26.1. The van der Waals surface area contributed by atoms with Crippen LogP contribution in [0.5, 0.6) is 0 Å². The van der Waals surface area contributed by atoms with Gasteiger partial charge in [-0.05, 0) is 24.8 Å². The number of hydrogen-bond donors (Lipinski definition) is 2. The maximum atomic E-state index is 14.6. The molecule has 182 valence electrons. The van der Waals surface area contributed by atoms with Crippen LogP contribution in [-0.2, 0) is 16.1 Å². The van der Waals surface area contributed by atoms with Gasteiger partial charge in [0.05, 0.1) is 31.0 Å². The molecule has 0 radical (unpaired) electrons. The van der Waals surface area contributed by atoms with Crippen LogP contribution in [0.1, 0.15) is 38.1 Å². The first-order valence-electron chi connectivity index (χ1n) is 11.0. The fraction of sp³-hybridized carbons (Fsp3) is 0.417. The van der Waals surface area contributed by atoms with Crippen LogP contribution in [0.15, 0.2) is 41.5 Å². The summed E-state index contributed by atoms with van der Waals surface area (Å²) in [7, 11) is 1.40. The van der Waals surface area contributed by atoms with Gasteiger partial charge in [-0.15, -0.1) is 0 Å². The number of carbonyl (C=O) groups is 1. The molecule has 0 saturated carbocycles. The van der Waals surface area contributed by atoms with Gasteiger partial charge < -0.3 is 20.5 Å². The highest BCUT2D eigenvalue weighted by molar-refractivity contribution is 5.94. The van der Waals surface area contributed by atoms with Crippen LogP contribution in [0.25, 0.3) is 5.70 Å². The van der Waals surface area contributed by atoms with Crippen LogP contribution in [-0.4, -0.2) is 47.1 Å². The smallest absolute Gasteiger partial charge is 0.310 e. The summed E-state index contributed by atoms with van der Waals surface area (Å²) < 4.78 is 33.6. The molecule has 0 amide bonds. The number of piperidine rings is 1. The van der Waals surface area contributed by atoms with E-state index in [0.717, 1.165) is 6.20 Å².